The van der Waals surface area contributed by atoms with Gasteiger partial charge in [-0.25, -0.2) is 0 Å². The summed E-state index contributed by atoms with van der Waals surface area (Å²) >= 11 is 0. The Hall–Kier alpha value is -1.22. The van der Waals surface area contributed by atoms with Crippen molar-refractivity contribution in [1.82, 2.24) is 5.32 Å². The zero-order valence-corrected chi connectivity index (χ0v) is 14.0. The Morgan fingerprint density at radius 3 is 2.81 bits per heavy atom. The number of benzene rings is 1. The lowest BCUT2D eigenvalue weighted by Crippen LogP contribution is -2.40. The van der Waals surface area contributed by atoms with Gasteiger partial charge in [0.15, 0.2) is 0 Å². The molecule has 3 nitrogen and oxygen atoms in total. The molecule has 1 atom stereocenters. The zero-order chi connectivity index (χ0) is 15.5. The van der Waals surface area contributed by atoms with E-state index in [0.717, 1.165) is 37.5 Å². The number of hydrogen-bond acceptors (Lipinski definition) is 3. The number of hydrogen-bond donors (Lipinski definition) is 1. The van der Waals surface area contributed by atoms with E-state index in [4.69, 9.17) is 9.47 Å². The van der Waals surface area contributed by atoms with Crippen molar-refractivity contribution in [3.63, 3.8) is 0 Å². The number of rotatable bonds is 6. The molecule has 0 saturated heterocycles. The largest absolute Gasteiger partial charge is 0.494 e. The Labute approximate surface area is 129 Å². The molecule has 0 aliphatic carbocycles. The third kappa shape index (κ3) is 4.37. The van der Waals surface area contributed by atoms with Gasteiger partial charge in [0, 0.05) is 18.0 Å². The maximum Gasteiger partial charge on any atom is 0.125 e. The number of ether oxygens (including phenoxy) is 2. The van der Waals surface area contributed by atoms with Crippen LogP contribution in [0.4, 0.5) is 0 Å². The van der Waals surface area contributed by atoms with Gasteiger partial charge in [-0.1, -0.05) is 20.8 Å². The molecule has 0 amide bonds. The maximum absolute atomic E-state index is 6.12. The van der Waals surface area contributed by atoms with E-state index in [9.17, 15) is 0 Å². The van der Waals surface area contributed by atoms with Crippen LogP contribution in [0, 0.1) is 5.92 Å². The highest BCUT2D eigenvalue weighted by atomic mass is 16.5. The third-order valence-electron chi connectivity index (χ3n) is 3.68. The Kier molecular flexibility index (Phi) is 5.15. The van der Waals surface area contributed by atoms with Gasteiger partial charge in [0.2, 0.25) is 0 Å². The molecule has 1 unspecified atom stereocenters. The lowest BCUT2D eigenvalue weighted by atomic mass is 9.89. The SMILES string of the molecule is CCCOc1ccc2c(c1)C(NCC(C)C)CC(C)(C)O2. The van der Waals surface area contributed by atoms with Gasteiger partial charge in [-0.05, 0) is 50.9 Å². The van der Waals surface area contributed by atoms with E-state index < -0.39 is 0 Å². The highest BCUT2D eigenvalue weighted by Gasteiger charge is 2.33. The summed E-state index contributed by atoms with van der Waals surface area (Å²) in [5, 5.41) is 3.68. The molecule has 0 spiro atoms. The van der Waals surface area contributed by atoms with Crippen LogP contribution in [0.2, 0.25) is 0 Å². The molecule has 21 heavy (non-hydrogen) atoms. The topological polar surface area (TPSA) is 30.5 Å². The predicted octanol–water partition coefficient (Wildman–Crippen LogP) is 4.32. The van der Waals surface area contributed by atoms with E-state index in [-0.39, 0.29) is 5.60 Å². The summed E-state index contributed by atoms with van der Waals surface area (Å²) < 4.78 is 11.9. The summed E-state index contributed by atoms with van der Waals surface area (Å²) in [5.41, 5.74) is 1.09. The molecule has 0 aromatic heterocycles. The average molecular weight is 291 g/mol. The molecule has 1 N–H and O–H groups in total. The van der Waals surface area contributed by atoms with Gasteiger partial charge < -0.3 is 14.8 Å². The quantitative estimate of drug-likeness (QED) is 0.846. The lowest BCUT2D eigenvalue weighted by molar-refractivity contribution is 0.0652. The molecule has 118 valence electrons. The highest BCUT2D eigenvalue weighted by Crippen LogP contribution is 2.41. The first kappa shape index (κ1) is 16.2. The van der Waals surface area contributed by atoms with E-state index in [0.29, 0.717) is 12.0 Å². The summed E-state index contributed by atoms with van der Waals surface area (Å²) in [6.07, 6.45) is 2.00. The van der Waals surface area contributed by atoms with Crippen molar-refractivity contribution < 1.29 is 9.47 Å². The van der Waals surface area contributed by atoms with Crippen molar-refractivity contribution in [1.29, 1.82) is 0 Å². The molecule has 1 aliphatic heterocycles. The van der Waals surface area contributed by atoms with Gasteiger partial charge in [-0.15, -0.1) is 0 Å². The molecule has 3 heteroatoms. The van der Waals surface area contributed by atoms with E-state index >= 15 is 0 Å². The smallest absolute Gasteiger partial charge is 0.125 e. The molecule has 2 rings (SSSR count). The molecular formula is C18H29NO2. The van der Waals surface area contributed by atoms with E-state index in [1.54, 1.807) is 0 Å². The van der Waals surface area contributed by atoms with Crippen molar-refractivity contribution in [3.05, 3.63) is 23.8 Å². The van der Waals surface area contributed by atoms with Crippen molar-refractivity contribution in [2.45, 2.75) is 59.1 Å². The molecule has 1 aliphatic rings. The molecule has 0 fully saturated rings. The molecule has 1 heterocycles. The second kappa shape index (κ2) is 6.69. The van der Waals surface area contributed by atoms with Gasteiger partial charge in [-0.3, -0.25) is 0 Å². The Morgan fingerprint density at radius 2 is 2.14 bits per heavy atom. The van der Waals surface area contributed by atoms with Gasteiger partial charge in [0.1, 0.15) is 17.1 Å². The minimum absolute atomic E-state index is 0.132. The lowest BCUT2D eigenvalue weighted by Gasteiger charge is -2.38. The predicted molar refractivity (Wildman–Crippen MR) is 87.1 cm³/mol. The van der Waals surface area contributed by atoms with Crippen molar-refractivity contribution in [3.8, 4) is 11.5 Å². The van der Waals surface area contributed by atoms with Gasteiger partial charge in [-0.2, -0.15) is 0 Å². The van der Waals surface area contributed by atoms with Crippen LogP contribution in [0.1, 0.15) is 59.1 Å². The van der Waals surface area contributed by atoms with Crippen LogP contribution in [0.5, 0.6) is 11.5 Å². The van der Waals surface area contributed by atoms with Crippen LogP contribution < -0.4 is 14.8 Å². The first-order valence-corrected chi connectivity index (χ1v) is 8.10. The van der Waals surface area contributed by atoms with Crippen LogP contribution in [0.25, 0.3) is 0 Å². The fraction of sp³-hybridized carbons (Fsp3) is 0.667. The minimum atomic E-state index is -0.132. The van der Waals surface area contributed by atoms with Crippen LogP contribution in [-0.4, -0.2) is 18.8 Å². The fourth-order valence-corrected chi connectivity index (χ4v) is 2.70. The van der Waals surface area contributed by atoms with Gasteiger partial charge >= 0.3 is 0 Å². The number of nitrogens with one attached hydrogen (secondary N) is 1. The summed E-state index contributed by atoms with van der Waals surface area (Å²) in [5.74, 6) is 2.56. The summed E-state index contributed by atoms with van der Waals surface area (Å²) in [6.45, 7) is 12.7. The minimum Gasteiger partial charge on any atom is -0.494 e. The summed E-state index contributed by atoms with van der Waals surface area (Å²) in [6, 6.07) is 6.52. The van der Waals surface area contributed by atoms with Crippen LogP contribution >= 0.6 is 0 Å². The molecule has 1 aromatic carbocycles. The standard InChI is InChI=1S/C18H29NO2/c1-6-9-20-14-7-8-17-15(10-14)16(19-12-13(2)3)11-18(4,5)21-17/h7-8,10,13,16,19H,6,9,11-12H2,1-5H3. The highest BCUT2D eigenvalue weighted by molar-refractivity contribution is 5.44. The van der Waals surface area contributed by atoms with Crippen molar-refractivity contribution >= 4 is 0 Å². The molecular weight excluding hydrogens is 262 g/mol. The van der Waals surface area contributed by atoms with Crippen LogP contribution in [-0.2, 0) is 0 Å². The Bertz CT molecular complexity index is 468. The van der Waals surface area contributed by atoms with Crippen molar-refractivity contribution in [2.75, 3.05) is 13.2 Å². The normalized spacial score (nSPS) is 20.0. The average Bonchev–Trinajstić information content (AvgIpc) is 2.41. The Balaban J connectivity index is 2.22. The van der Waals surface area contributed by atoms with E-state index in [2.05, 4.69) is 46.0 Å². The molecule has 1 aromatic rings. The molecule has 0 radical (unpaired) electrons. The molecule has 0 bridgehead atoms. The zero-order valence-electron chi connectivity index (χ0n) is 14.0. The number of fused-ring (bicyclic) bond motifs is 1. The van der Waals surface area contributed by atoms with Crippen molar-refractivity contribution in [2.24, 2.45) is 5.92 Å². The summed E-state index contributed by atoms with van der Waals surface area (Å²) in [7, 11) is 0. The second-order valence-electron chi connectivity index (χ2n) is 6.97. The monoisotopic (exact) mass is 291 g/mol. The van der Waals surface area contributed by atoms with Crippen LogP contribution in [0.3, 0.4) is 0 Å². The maximum atomic E-state index is 6.12. The third-order valence-corrected chi connectivity index (χ3v) is 3.68. The van der Waals surface area contributed by atoms with E-state index in [1.165, 1.54) is 5.56 Å². The Morgan fingerprint density at radius 1 is 1.38 bits per heavy atom. The molecule has 0 saturated carbocycles. The fourth-order valence-electron chi connectivity index (χ4n) is 2.70. The van der Waals surface area contributed by atoms with Gasteiger partial charge in [0.05, 0.1) is 6.61 Å². The second-order valence-corrected chi connectivity index (χ2v) is 6.97. The first-order valence-electron chi connectivity index (χ1n) is 8.10. The summed E-state index contributed by atoms with van der Waals surface area (Å²) in [4.78, 5) is 0. The van der Waals surface area contributed by atoms with Gasteiger partial charge in [0.25, 0.3) is 0 Å². The van der Waals surface area contributed by atoms with Crippen LogP contribution in [0.15, 0.2) is 18.2 Å². The first-order chi connectivity index (χ1) is 9.91. The van der Waals surface area contributed by atoms with E-state index in [1.807, 2.05) is 12.1 Å².